The first-order chi connectivity index (χ1) is 11.2. The van der Waals surface area contributed by atoms with Gasteiger partial charge in [-0.05, 0) is 56.6 Å². The van der Waals surface area contributed by atoms with Crippen molar-refractivity contribution in [1.29, 1.82) is 0 Å². The molecular weight excluding hydrogens is 286 g/mol. The monoisotopic (exact) mass is 317 g/mol. The maximum atomic E-state index is 12.3. The third-order valence-electron chi connectivity index (χ3n) is 4.95. The minimum Gasteiger partial charge on any atom is -0.425 e. The molecule has 3 heteroatoms. The molecule has 1 aromatic heterocycles. The fourth-order valence-corrected chi connectivity index (χ4v) is 3.36. The normalized spacial score (nSPS) is 21.1. The molecule has 0 aliphatic heterocycles. The van der Waals surface area contributed by atoms with Gasteiger partial charge in [0.15, 0.2) is 0 Å². The Morgan fingerprint density at radius 1 is 1.13 bits per heavy atom. The zero-order valence-corrected chi connectivity index (χ0v) is 14.7. The van der Waals surface area contributed by atoms with E-state index in [1.165, 1.54) is 38.5 Å². The van der Waals surface area contributed by atoms with Gasteiger partial charge in [0.25, 0.3) is 0 Å². The first-order valence-corrected chi connectivity index (χ1v) is 9.39. The van der Waals surface area contributed by atoms with Crippen molar-refractivity contribution in [3.63, 3.8) is 0 Å². The van der Waals surface area contributed by atoms with Crippen molar-refractivity contribution in [3.05, 3.63) is 24.0 Å². The number of unbranched alkanes of at least 4 members (excludes halogenated alkanes) is 2. The summed E-state index contributed by atoms with van der Waals surface area (Å²) in [6, 6.07) is 3.85. The number of hydrogen-bond donors (Lipinski definition) is 0. The quantitative estimate of drug-likeness (QED) is 0.609. The summed E-state index contributed by atoms with van der Waals surface area (Å²) in [5.74, 6) is 1.41. The Morgan fingerprint density at radius 2 is 1.87 bits per heavy atom. The van der Waals surface area contributed by atoms with Crippen LogP contribution in [-0.4, -0.2) is 11.0 Å². The van der Waals surface area contributed by atoms with Gasteiger partial charge in [-0.25, -0.2) is 0 Å². The van der Waals surface area contributed by atoms with Gasteiger partial charge in [-0.2, -0.15) is 0 Å². The molecule has 23 heavy (non-hydrogen) atoms. The Kier molecular flexibility index (Phi) is 7.57. The summed E-state index contributed by atoms with van der Waals surface area (Å²) in [7, 11) is 0. The van der Waals surface area contributed by atoms with Crippen LogP contribution in [0.25, 0.3) is 0 Å². The molecule has 3 nitrogen and oxygen atoms in total. The molecule has 1 fully saturated rings. The Hall–Kier alpha value is -1.38. The minimum atomic E-state index is -0.0675. The van der Waals surface area contributed by atoms with Crippen molar-refractivity contribution in [2.45, 2.75) is 78.1 Å². The Morgan fingerprint density at radius 3 is 2.48 bits per heavy atom. The zero-order chi connectivity index (χ0) is 16.5. The third kappa shape index (κ3) is 5.96. The van der Waals surface area contributed by atoms with Crippen molar-refractivity contribution in [3.8, 4) is 5.75 Å². The molecule has 0 unspecified atom stereocenters. The summed E-state index contributed by atoms with van der Waals surface area (Å²) in [4.78, 5) is 16.7. The molecule has 128 valence electrons. The number of aryl methyl sites for hydroxylation is 1. The molecular formula is C20H31NO2. The van der Waals surface area contributed by atoms with E-state index in [0.29, 0.717) is 5.75 Å². The van der Waals surface area contributed by atoms with Gasteiger partial charge in [0.2, 0.25) is 0 Å². The van der Waals surface area contributed by atoms with Crippen LogP contribution >= 0.6 is 0 Å². The van der Waals surface area contributed by atoms with Crippen LogP contribution < -0.4 is 4.74 Å². The molecule has 1 heterocycles. The van der Waals surface area contributed by atoms with Gasteiger partial charge >= 0.3 is 5.97 Å². The lowest BCUT2D eigenvalue weighted by Crippen LogP contribution is -2.25. The van der Waals surface area contributed by atoms with Crippen LogP contribution in [0.4, 0.5) is 0 Å². The summed E-state index contributed by atoms with van der Waals surface area (Å²) in [5.41, 5.74) is 1.07. The van der Waals surface area contributed by atoms with Gasteiger partial charge in [-0.1, -0.05) is 39.5 Å². The molecule has 1 aliphatic carbocycles. The maximum Gasteiger partial charge on any atom is 0.314 e. The van der Waals surface area contributed by atoms with Crippen LogP contribution in [0, 0.1) is 11.8 Å². The molecule has 1 aromatic rings. The van der Waals surface area contributed by atoms with Crippen molar-refractivity contribution < 1.29 is 9.53 Å². The highest BCUT2D eigenvalue weighted by Crippen LogP contribution is 2.32. The van der Waals surface area contributed by atoms with Crippen LogP contribution in [-0.2, 0) is 11.2 Å². The molecule has 0 amide bonds. The Balaban J connectivity index is 1.76. The lowest BCUT2D eigenvalue weighted by Gasteiger charge is -2.27. The van der Waals surface area contributed by atoms with Gasteiger partial charge in [-0.15, -0.1) is 0 Å². The average molecular weight is 317 g/mol. The van der Waals surface area contributed by atoms with Gasteiger partial charge in [0, 0.05) is 5.69 Å². The summed E-state index contributed by atoms with van der Waals surface area (Å²) >= 11 is 0. The average Bonchev–Trinajstić information content (AvgIpc) is 2.59. The van der Waals surface area contributed by atoms with Crippen LogP contribution in [0.15, 0.2) is 18.3 Å². The molecule has 2 rings (SSSR count). The molecule has 0 N–H and O–H groups in total. The molecule has 0 spiro atoms. The highest BCUT2D eigenvalue weighted by atomic mass is 16.5. The molecule has 0 aromatic carbocycles. The van der Waals surface area contributed by atoms with Crippen molar-refractivity contribution in [1.82, 2.24) is 4.98 Å². The highest BCUT2D eigenvalue weighted by Gasteiger charge is 2.27. The van der Waals surface area contributed by atoms with Gasteiger partial charge in [0.1, 0.15) is 5.75 Å². The topological polar surface area (TPSA) is 39.2 Å². The number of hydrogen-bond acceptors (Lipinski definition) is 3. The number of pyridine rings is 1. The van der Waals surface area contributed by atoms with E-state index in [0.717, 1.165) is 37.3 Å². The lowest BCUT2D eigenvalue weighted by molar-refractivity contribution is -0.140. The lowest BCUT2D eigenvalue weighted by atomic mass is 9.80. The summed E-state index contributed by atoms with van der Waals surface area (Å²) in [6.45, 7) is 4.41. The van der Waals surface area contributed by atoms with Crippen molar-refractivity contribution in [2.24, 2.45) is 11.8 Å². The summed E-state index contributed by atoms with van der Waals surface area (Å²) in [5, 5.41) is 0. The fraction of sp³-hybridized carbons (Fsp3) is 0.700. The van der Waals surface area contributed by atoms with E-state index in [9.17, 15) is 4.79 Å². The van der Waals surface area contributed by atoms with E-state index in [1.54, 1.807) is 6.20 Å². The van der Waals surface area contributed by atoms with Crippen LogP contribution in [0.1, 0.15) is 77.3 Å². The van der Waals surface area contributed by atoms with Crippen LogP contribution in [0.2, 0.25) is 0 Å². The molecule has 1 aliphatic rings. The Labute approximate surface area is 140 Å². The number of nitrogens with zero attached hydrogens (tertiary/aromatic N) is 1. The Bertz CT molecular complexity index is 461. The zero-order valence-electron chi connectivity index (χ0n) is 14.7. The number of rotatable bonds is 8. The minimum absolute atomic E-state index is 0.0675. The van der Waals surface area contributed by atoms with Gasteiger partial charge in [-0.3, -0.25) is 9.78 Å². The molecule has 0 bridgehead atoms. The van der Waals surface area contributed by atoms with Crippen LogP contribution in [0.3, 0.4) is 0 Å². The van der Waals surface area contributed by atoms with Crippen molar-refractivity contribution in [2.75, 3.05) is 0 Å². The second-order valence-corrected chi connectivity index (χ2v) is 6.87. The van der Waals surface area contributed by atoms with E-state index in [-0.39, 0.29) is 11.9 Å². The van der Waals surface area contributed by atoms with Gasteiger partial charge in [0.05, 0.1) is 12.1 Å². The third-order valence-corrected chi connectivity index (χ3v) is 4.95. The molecule has 0 saturated heterocycles. The van der Waals surface area contributed by atoms with E-state index in [1.807, 2.05) is 12.1 Å². The number of carbonyl (C=O) groups excluding carboxylic acids is 1. The van der Waals surface area contributed by atoms with E-state index >= 15 is 0 Å². The number of carbonyl (C=O) groups is 1. The van der Waals surface area contributed by atoms with E-state index < -0.39 is 0 Å². The summed E-state index contributed by atoms with van der Waals surface area (Å²) in [6.07, 6.45) is 13.2. The number of aromatic nitrogens is 1. The maximum absolute atomic E-state index is 12.3. The smallest absolute Gasteiger partial charge is 0.314 e. The first-order valence-electron chi connectivity index (χ1n) is 9.39. The molecule has 0 radical (unpaired) electrons. The second kappa shape index (κ2) is 9.69. The van der Waals surface area contributed by atoms with Gasteiger partial charge < -0.3 is 4.74 Å². The van der Waals surface area contributed by atoms with E-state index in [2.05, 4.69) is 18.8 Å². The SMILES string of the molecule is CCCCc1ccc(OC(=O)C2CCC(CCCC)CC2)cn1. The predicted molar refractivity (Wildman–Crippen MR) is 93.5 cm³/mol. The molecule has 1 saturated carbocycles. The highest BCUT2D eigenvalue weighted by molar-refractivity contribution is 5.75. The largest absolute Gasteiger partial charge is 0.425 e. The predicted octanol–water partition coefficient (Wildman–Crippen LogP) is 5.33. The molecule has 0 atom stereocenters. The second-order valence-electron chi connectivity index (χ2n) is 6.87. The fourth-order valence-electron chi connectivity index (χ4n) is 3.36. The standard InChI is InChI=1S/C20H31NO2/c1-3-5-7-16-9-11-17(12-10-16)20(22)23-19-14-13-18(21-15-19)8-6-4-2/h13-17H,3-12H2,1-2H3. The van der Waals surface area contributed by atoms with E-state index in [4.69, 9.17) is 4.74 Å². The van der Waals surface area contributed by atoms with Crippen molar-refractivity contribution >= 4 is 5.97 Å². The summed E-state index contributed by atoms with van der Waals surface area (Å²) < 4.78 is 5.53. The first kappa shape index (κ1) is 18.0. The van der Waals surface area contributed by atoms with Crippen LogP contribution in [0.5, 0.6) is 5.75 Å². The number of esters is 1. The number of ether oxygens (including phenoxy) is 1.